The summed E-state index contributed by atoms with van der Waals surface area (Å²) in [5, 5.41) is 20.0. The highest BCUT2D eigenvalue weighted by Gasteiger charge is 2.05. The van der Waals surface area contributed by atoms with Crippen LogP contribution < -0.4 is 11.2 Å². The van der Waals surface area contributed by atoms with E-state index in [9.17, 15) is 4.39 Å². The number of hydrogen-bond acceptors (Lipinski definition) is 4. The summed E-state index contributed by atoms with van der Waals surface area (Å²) < 4.78 is 13.6. The monoisotopic (exact) mass is 244 g/mol. The van der Waals surface area contributed by atoms with Crippen LogP contribution in [0.4, 0.5) is 10.1 Å². The number of amidine groups is 1. The van der Waals surface area contributed by atoms with E-state index in [4.69, 9.17) is 16.4 Å². The third-order valence-corrected chi connectivity index (χ3v) is 2.27. The number of aromatic amines is 1. The van der Waals surface area contributed by atoms with Gasteiger partial charge in [-0.3, -0.25) is 10.8 Å². The molecule has 0 spiro atoms. The van der Waals surface area contributed by atoms with Gasteiger partial charge in [0.25, 0.3) is 0 Å². The number of hydrazone groups is 1. The quantitative estimate of drug-likeness (QED) is 0.373. The molecule has 0 aliphatic carbocycles. The number of halogens is 1. The Morgan fingerprint density at radius 1 is 1.56 bits per heavy atom. The minimum atomic E-state index is -0.451. The summed E-state index contributed by atoms with van der Waals surface area (Å²) in [6.45, 7) is 0. The van der Waals surface area contributed by atoms with E-state index in [2.05, 4.69) is 15.5 Å². The fourth-order valence-electron chi connectivity index (χ4n) is 1.46. The van der Waals surface area contributed by atoms with E-state index < -0.39 is 11.7 Å². The van der Waals surface area contributed by atoms with E-state index in [-0.39, 0.29) is 5.71 Å². The summed E-state index contributed by atoms with van der Waals surface area (Å²) in [7, 11) is 0. The molecule has 2 aromatic rings. The minimum Gasteiger partial charge on any atom is -0.382 e. The smallest absolute Gasteiger partial charge is 0.201 e. The van der Waals surface area contributed by atoms with Crippen LogP contribution in [0.2, 0.25) is 0 Å². The molecule has 0 fully saturated rings. The van der Waals surface area contributed by atoms with Gasteiger partial charge in [-0.25, -0.2) is 4.39 Å². The third kappa shape index (κ3) is 2.12. The Morgan fingerprint density at radius 2 is 2.33 bits per heavy atom. The van der Waals surface area contributed by atoms with E-state index >= 15 is 0 Å². The average Bonchev–Trinajstić information content (AvgIpc) is 2.78. The predicted octanol–water partition coefficient (Wildman–Crippen LogP) is 1.53. The number of nitriles is 1. The van der Waals surface area contributed by atoms with Gasteiger partial charge in [0.1, 0.15) is 11.9 Å². The second-order valence-corrected chi connectivity index (χ2v) is 3.50. The molecule has 1 heterocycles. The number of nitrogens with zero attached hydrogens (tertiary/aromatic N) is 2. The number of aromatic nitrogens is 1. The van der Waals surface area contributed by atoms with Crippen LogP contribution in [0.25, 0.3) is 10.9 Å². The Balaban J connectivity index is 2.33. The molecular weight excluding hydrogens is 235 g/mol. The molecule has 0 saturated heterocycles. The Bertz CT molecular complexity index is 678. The zero-order valence-electron chi connectivity index (χ0n) is 9.16. The fraction of sp³-hybridized carbons (Fsp3) is 0. The van der Waals surface area contributed by atoms with Crippen molar-refractivity contribution in [2.24, 2.45) is 10.8 Å². The topological polar surface area (TPSA) is 114 Å². The summed E-state index contributed by atoms with van der Waals surface area (Å²) in [6, 6.07) is 6.26. The molecule has 1 aromatic carbocycles. The second kappa shape index (κ2) is 4.55. The lowest BCUT2D eigenvalue weighted by Gasteiger charge is -2.02. The van der Waals surface area contributed by atoms with Crippen LogP contribution in [0.3, 0.4) is 0 Å². The first-order valence-electron chi connectivity index (χ1n) is 4.96. The standard InChI is InChI=1S/C11H9FN6/c12-8-4-7(3-6-1-2-16-10(6)8)17-18-9(5-13)11(14)15/h1-4,16-17H,(H3,14,15)/b18-9+. The SMILES string of the molecule is N#C/C(=N\Nc1cc(F)c2[nH]ccc2c1)C(=N)N. The van der Waals surface area contributed by atoms with Gasteiger partial charge < -0.3 is 10.7 Å². The molecule has 0 aliphatic rings. The maximum absolute atomic E-state index is 13.6. The maximum atomic E-state index is 13.6. The first-order chi connectivity index (χ1) is 8.61. The van der Waals surface area contributed by atoms with Gasteiger partial charge in [-0.15, -0.1) is 0 Å². The van der Waals surface area contributed by atoms with Crippen molar-refractivity contribution >= 4 is 28.1 Å². The van der Waals surface area contributed by atoms with E-state index in [1.54, 1.807) is 24.4 Å². The molecular formula is C11H9FN6. The zero-order valence-corrected chi connectivity index (χ0v) is 9.16. The van der Waals surface area contributed by atoms with Crippen molar-refractivity contribution in [1.82, 2.24) is 4.98 Å². The van der Waals surface area contributed by atoms with Gasteiger partial charge in [0.15, 0.2) is 5.84 Å². The predicted molar refractivity (Wildman–Crippen MR) is 66.8 cm³/mol. The summed E-state index contributed by atoms with van der Waals surface area (Å²) in [6.07, 6.45) is 1.62. The lowest BCUT2D eigenvalue weighted by Crippen LogP contribution is -2.21. The molecule has 18 heavy (non-hydrogen) atoms. The van der Waals surface area contributed by atoms with Gasteiger partial charge in [-0.05, 0) is 12.1 Å². The maximum Gasteiger partial charge on any atom is 0.201 e. The van der Waals surface area contributed by atoms with Crippen molar-refractivity contribution in [3.8, 4) is 6.07 Å². The lowest BCUT2D eigenvalue weighted by molar-refractivity contribution is 0.637. The number of nitrogens with two attached hydrogens (primary N) is 1. The molecule has 0 radical (unpaired) electrons. The molecule has 0 aliphatic heterocycles. The number of fused-ring (bicyclic) bond motifs is 1. The van der Waals surface area contributed by atoms with Crippen LogP contribution in [0, 0.1) is 22.6 Å². The minimum absolute atomic E-state index is 0.260. The number of nitrogens with one attached hydrogen (secondary N) is 3. The van der Waals surface area contributed by atoms with Gasteiger partial charge in [0.05, 0.1) is 11.2 Å². The van der Waals surface area contributed by atoms with Gasteiger partial charge in [-0.2, -0.15) is 10.4 Å². The zero-order chi connectivity index (χ0) is 13.1. The molecule has 7 heteroatoms. The molecule has 5 N–H and O–H groups in total. The van der Waals surface area contributed by atoms with Crippen molar-refractivity contribution in [2.45, 2.75) is 0 Å². The van der Waals surface area contributed by atoms with E-state index in [0.717, 1.165) is 0 Å². The van der Waals surface area contributed by atoms with Gasteiger partial charge in [0.2, 0.25) is 5.71 Å². The van der Waals surface area contributed by atoms with Gasteiger partial charge >= 0.3 is 0 Å². The Morgan fingerprint density at radius 3 is 3.00 bits per heavy atom. The van der Waals surface area contributed by atoms with Crippen LogP contribution in [0.5, 0.6) is 0 Å². The van der Waals surface area contributed by atoms with Gasteiger partial charge in [-0.1, -0.05) is 0 Å². The number of benzene rings is 1. The first-order valence-corrected chi connectivity index (χ1v) is 4.96. The van der Waals surface area contributed by atoms with Crippen LogP contribution in [-0.2, 0) is 0 Å². The third-order valence-electron chi connectivity index (χ3n) is 2.27. The number of H-pyrrole nitrogens is 1. The molecule has 6 nitrogen and oxygen atoms in total. The molecule has 0 atom stereocenters. The highest BCUT2D eigenvalue weighted by atomic mass is 19.1. The molecule has 2 rings (SSSR count). The average molecular weight is 244 g/mol. The normalized spacial score (nSPS) is 11.2. The highest BCUT2D eigenvalue weighted by molar-refractivity contribution is 6.45. The summed E-state index contributed by atoms with van der Waals surface area (Å²) in [5.41, 5.74) is 8.13. The highest BCUT2D eigenvalue weighted by Crippen LogP contribution is 2.21. The van der Waals surface area contributed by atoms with Crippen molar-refractivity contribution in [1.29, 1.82) is 10.7 Å². The summed E-state index contributed by atoms with van der Waals surface area (Å²) in [4.78, 5) is 2.76. The molecule has 0 bridgehead atoms. The largest absolute Gasteiger partial charge is 0.382 e. The van der Waals surface area contributed by atoms with E-state index in [1.165, 1.54) is 6.07 Å². The Hall–Kier alpha value is -2.88. The summed E-state index contributed by atoms with van der Waals surface area (Å²) in [5.74, 6) is -0.885. The molecule has 0 saturated carbocycles. The Kier molecular flexibility index (Phi) is 2.93. The van der Waals surface area contributed by atoms with Crippen LogP contribution >= 0.6 is 0 Å². The number of hydrogen-bond donors (Lipinski definition) is 4. The van der Waals surface area contributed by atoms with Crippen LogP contribution in [0.1, 0.15) is 0 Å². The molecule has 1 aromatic heterocycles. The van der Waals surface area contributed by atoms with Crippen LogP contribution in [-0.4, -0.2) is 16.5 Å². The van der Waals surface area contributed by atoms with Crippen molar-refractivity contribution in [3.63, 3.8) is 0 Å². The number of rotatable bonds is 3. The van der Waals surface area contributed by atoms with Gasteiger partial charge in [0, 0.05) is 17.6 Å². The van der Waals surface area contributed by atoms with Crippen molar-refractivity contribution in [3.05, 3.63) is 30.2 Å². The number of anilines is 1. The Labute approximate surface area is 101 Å². The van der Waals surface area contributed by atoms with E-state index in [1.807, 2.05) is 0 Å². The lowest BCUT2D eigenvalue weighted by atomic mass is 10.2. The van der Waals surface area contributed by atoms with Crippen molar-refractivity contribution < 1.29 is 4.39 Å². The second-order valence-electron chi connectivity index (χ2n) is 3.50. The molecule has 90 valence electrons. The summed E-state index contributed by atoms with van der Waals surface area (Å²) >= 11 is 0. The fourth-order valence-corrected chi connectivity index (χ4v) is 1.46. The van der Waals surface area contributed by atoms with E-state index in [0.29, 0.717) is 16.6 Å². The first kappa shape index (κ1) is 11.6. The van der Waals surface area contributed by atoms with Crippen molar-refractivity contribution in [2.75, 3.05) is 5.43 Å². The van der Waals surface area contributed by atoms with Crippen LogP contribution in [0.15, 0.2) is 29.5 Å². The molecule has 0 amide bonds. The molecule has 0 unspecified atom stereocenters.